The number of nitrogens with zero attached hydrogens (tertiary/aromatic N) is 2. The molecule has 3 rings (SSSR count). The van der Waals surface area contributed by atoms with Crippen LogP contribution in [0, 0.1) is 5.92 Å². The molecule has 1 aromatic heterocycles. The summed E-state index contributed by atoms with van der Waals surface area (Å²) in [5, 5.41) is 3.69. The van der Waals surface area contributed by atoms with Gasteiger partial charge >= 0.3 is 0 Å². The number of ether oxygens (including phenoxy) is 1. The molecule has 0 aliphatic carbocycles. The van der Waals surface area contributed by atoms with Crippen LogP contribution in [0.3, 0.4) is 0 Å². The first-order valence-corrected chi connectivity index (χ1v) is 10.8. The zero-order valence-electron chi connectivity index (χ0n) is 17.9. The lowest BCUT2D eigenvalue weighted by Gasteiger charge is -2.23. The van der Waals surface area contributed by atoms with E-state index in [2.05, 4.69) is 5.32 Å². The van der Waals surface area contributed by atoms with Crippen molar-refractivity contribution in [1.82, 2.24) is 9.55 Å². The lowest BCUT2D eigenvalue weighted by Crippen LogP contribution is -2.32. The van der Waals surface area contributed by atoms with Gasteiger partial charge in [-0.3, -0.25) is 14.2 Å². The molecule has 0 saturated heterocycles. The maximum Gasteiger partial charge on any atom is 0.262 e. The molecule has 1 N–H and O–H groups in total. The van der Waals surface area contributed by atoms with Gasteiger partial charge in [0.2, 0.25) is 5.91 Å². The van der Waals surface area contributed by atoms with Gasteiger partial charge in [-0.25, -0.2) is 4.98 Å². The number of benzene rings is 2. The van der Waals surface area contributed by atoms with Crippen LogP contribution in [0.5, 0.6) is 5.75 Å². The lowest BCUT2D eigenvalue weighted by molar-refractivity contribution is -0.116. The quantitative estimate of drug-likeness (QED) is 0.437. The Balaban J connectivity index is 1.94. The van der Waals surface area contributed by atoms with Gasteiger partial charge in [0, 0.05) is 11.7 Å². The van der Waals surface area contributed by atoms with Crippen molar-refractivity contribution < 1.29 is 9.53 Å². The number of para-hydroxylation sites is 1. The van der Waals surface area contributed by atoms with Crippen molar-refractivity contribution in [2.24, 2.45) is 5.92 Å². The minimum Gasteiger partial charge on any atom is -0.497 e. The molecule has 2 aromatic carbocycles. The van der Waals surface area contributed by atoms with Crippen molar-refractivity contribution >= 4 is 34.3 Å². The second kappa shape index (κ2) is 9.34. The van der Waals surface area contributed by atoms with Crippen molar-refractivity contribution in [1.29, 1.82) is 0 Å². The molecule has 0 fully saturated rings. The van der Waals surface area contributed by atoms with Gasteiger partial charge in [0.1, 0.15) is 5.75 Å². The standard InChI is InChI=1S/C23H27N3O3S/c1-14(2)20(21(27)24-16-10-12-17(29-5)13-11-16)30-23-25-19-9-7-6-8-18(19)22(28)26(23)15(3)4/h6-15,20H,1-5H3,(H,24,27). The molecule has 1 amide bonds. The smallest absolute Gasteiger partial charge is 0.262 e. The lowest BCUT2D eigenvalue weighted by atomic mass is 10.1. The average Bonchev–Trinajstić information content (AvgIpc) is 2.72. The van der Waals surface area contributed by atoms with E-state index in [4.69, 9.17) is 9.72 Å². The molecule has 1 unspecified atom stereocenters. The summed E-state index contributed by atoms with van der Waals surface area (Å²) >= 11 is 1.33. The molecule has 0 radical (unpaired) electrons. The zero-order chi connectivity index (χ0) is 21.8. The summed E-state index contributed by atoms with van der Waals surface area (Å²) < 4.78 is 6.83. The number of anilines is 1. The summed E-state index contributed by atoms with van der Waals surface area (Å²) in [5.41, 5.74) is 1.25. The average molecular weight is 426 g/mol. The summed E-state index contributed by atoms with van der Waals surface area (Å²) in [6.07, 6.45) is 0. The van der Waals surface area contributed by atoms with E-state index < -0.39 is 5.25 Å². The number of carbonyl (C=O) groups is 1. The monoisotopic (exact) mass is 425 g/mol. The molecule has 0 saturated carbocycles. The van der Waals surface area contributed by atoms with E-state index in [1.807, 2.05) is 45.9 Å². The molecule has 7 heteroatoms. The van der Waals surface area contributed by atoms with Gasteiger partial charge in [-0.2, -0.15) is 0 Å². The van der Waals surface area contributed by atoms with E-state index in [1.165, 1.54) is 11.8 Å². The van der Waals surface area contributed by atoms with Gasteiger partial charge in [0.25, 0.3) is 5.56 Å². The van der Waals surface area contributed by atoms with Crippen LogP contribution < -0.4 is 15.6 Å². The number of fused-ring (bicyclic) bond motifs is 1. The third-order valence-corrected chi connectivity index (χ3v) is 6.26. The number of rotatable bonds is 7. The first kappa shape index (κ1) is 21.9. The Bertz CT molecular complexity index is 1090. The Morgan fingerprint density at radius 2 is 1.73 bits per heavy atom. The number of amides is 1. The van der Waals surface area contributed by atoms with Gasteiger partial charge in [0.15, 0.2) is 5.16 Å². The Hall–Kier alpha value is -2.80. The van der Waals surface area contributed by atoms with Crippen LogP contribution >= 0.6 is 11.8 Å². The van der Waals surface area contributed by atoms with Gasteiger partial charge in [-0.15, -0.1) is 0 Å². The normalized spacial score (nSPS) is 12.4. The summed E-state index contributed by atoms with van der Waals surface area (Å²) in [6.45, 7) is 7.88. The largest absolute Gasteiger partial charge is 0.497 e. The van der Waals surface area contributed by atoms with Crippen LogP contribution in [0.25, 0.3) is 10.9 Å². The van der Waals surface area contributed by atoms with Gasteiger partial charge in [-0.1, -0.05) is 37.7 Å². The van der Waals surface area contributed by atoms with Crippen LogP contribution in [-0.2, 0) is 4.79 Å². The van der Waals surface area contributed by atoms with E-state index in [9.17, 15) is 9.59 Å². The summed E-state index contributed by atoms with van der Waals surface area (Å²) in [4.78, 5) is 30.8. The highest BCUT2D eigenvalue weighted by molar-refractivity contribution is 8.00. The van der Waals surface area contributed by atoms with Crippen LogP contribution in [0.1, 0.15) is 33.7 Å². The van der Waals surface area contributed by atoms with Crippen molar-refractivity contribution in [3.05, 3.63) is 58.9 Å². The van der Waals surface area contributed by atoms with Crippen molar-refractivity contribution in [3.63, 3.8) is 0 Å². The second-order valence-corrected chi connectivity index (χ2v) is 8.79. The predicted octanol–water partition coefficient (Wildman–Crippen LogP) is 4.74. The number of thioether (sulfide) groups is 1. The molecule has 3 aromatic rings. The summed E-state index contributed by atoms with van der Waals surface area (Å²) in [7, 11) is 1.60. The van der Waals surface area contributed by atoms with E-state index in [-0.39, 0.29) is 23.4 Å². The highest BCUT2D eigenvalue weighted by Crippen LogP contribution is 2.30. The molecular weight excluding hydrogens is 398 g/mol. The van der Waals surface area contributed by atoms with Crippen LogP contribution in [0.15, 0.2) is 58.5 Å². The summed E-state index contributed by atoms with van der Waals surface area (Å²) in [6, 6.07) is 14.4. The molecule has 0 aliphatic rings. The zero-order valence-corrected chi connectivity index (χ0v) is 18.7. The Morgan fingerprint density at radius 1 is 1.07 bits per heavy atom. The highest BCUT2D eigenvalue weighted by atomic mass is 32.2. The second-order valence-electron chi connectivity index (χ2n) is 7.68. The SMILES string of the molecule is COc1ccc(NC(=O)C(Sc2nc3ccccc3c(=O)n2C(C)C)C(C)C)cc1. The molecule has 0 bridgehead atoms. The first-order valence-electron chi connectivity index (χ1n) is 9.94. The number of hydrogen-bond acceptors (Lipinski definition) is 5. The van der Waals surface area contributed by atoms with Gasteiger partial charge < -0.3 is 10.1 Å². The van der Waals surface area contributed by atoms with E-state index >= 15 is 0 Å². The summed E-state index contributed by atoms with van der Waals surface area (Å²) in [5.74, 6) is 0.638. The molecule has 30 heavy (non-hydrogen) atoms. The fraction of sp³-hybridized carbons (Fsp3) is 0.348. The molecular formula is C23H27N3O3S. The highest BCUT2D eigenvalue weighted by Gasteiger charge is 2.27. The van der Waals surface area contributed by atoms with Crippen molar-refractivity contribution in [3.8, 4) is 5.75 Å². The van der Waals surface area contributed by atoms with Crippen molar-refractivity contribution in [2.45, 2.75) is 44.1 Å². The number of aromatic nitrogens is 2. The third-order valence-electron chi connectivity index (χ3n) is 4.75. The molecule has 1 heterocycles. The Kier molecular flexibility index (Phi) is 6.82. The molecule has 1 atom stereocenters. The maximum absolute atomic E-state index is 13.1. The fourth-order valence-corrected chi connectivity index (χ4v) is 4.38. The third kappa shape index (κ3) is 4.67. The predicted molar refractivity (Wildman–Crippen MR) is 122 cm³/mol. The minimum absolute atomic E-state index is 0.0391. The molecule has 0 aliphatic heterocycles. The van der Waals surface area contributed by atoms with Gasteiger partial charge in [-0.05, 0) is 56.2 Å². The van der Waals surface area contributed by atoms with Crippen LogP contribution in [0.4, 0.5) is 5.69 Å². The molecule has 158 valence electrons. The van der Waals surface area contributed by atoms with E-state index in [0.29, 0.717) is 21.7 Å². The number of hydrogen-bond donors (Lipinski definition) is 1. The van der Waals surface area contributed by atoms with E-state index in [0.717, 1.165) is 5.75 Å². The minimum atomic E-state index is -0.412. The van der Waals surface area contributed by atoms with Crippen LogP contribution in [0.2, 0.25) is 0 Å². The van der Waals surface area contributed by atoms with Crippen molar-refractivity contribution in [2.75, 3.05) is 12.4 Å². The van der Waals surface area contributed by atoms with Gasteiger partial charge in [0.05, 0.1) is 23.3 Å². The number of carbonyl (C=O) groups excluding carboxylic acids is 1. The van der Waals surface area contributed by atoms with E-state index in [1.54, 1.807) is 42.0 Å². The maximum atomic E-state index is 13.1. The first-order chi connectivity index (χ1) is 14.3. The Morgan fingerprint density at radius 3 is 2.33 bits per heavy atom. The molecule has 0 spiro atoms. The topological polar surface area (TPSA) is 73.2 Å². The van der Waals surface area contributed by atoms with Crippen LogP contribution in [-0.4, -0.2) is 27.8 Å². The number of methoxy groups -OCH3 is 1. The fourth-order valence-electron chi connectivity index (χ4n) is 3.16. The number of nitrogens with one attached hydrogen (secondary N) is 1. The molecule has 6 nitrogen and oxygen atoms in total. The Labute approximate surface area is 180 Å².